The maximum atomic E-state index is 13.6. The van der Waals surface area contributed by atoms with Crippen LogP contribution in [-0.4, -0.2) is 147 Å². The third-order valence-corrected chi connectivity index (χ3v) is 15.7. The van der Waals surface area contributed by atoms with Gasteiger partial charge in [-0.25, -0.2) is 0 Å². The fourth-order valence-corrected chi connectivity index (χ4v) is 12.0. The zero-order valence-corrected chi connectivity index (χ0v) is 39.4. The SMILES string of the molecule is COc1cc(-c2cn(C)c(=O)c3cc(C(=O)NCC4CC5(CCN(CCCN6CCN(c7ccc8c(c7)C(=O)N(C7CCC(=O)NC7=O)C8=O)CC6)CC5)C4)sc23)cc(OC)c1CN(C)C. The number of methoxy groups -OCH3 is 2. The van der Waals surface area contributed by atoms with Crippen molar-refractivity contribution in [1.82, 2.24) is 34.8 Å². The van der Waals surface area contributed by atoms with Gasteiger partial charge >= 0.3 is 0 Å². The number of amides is 5. The molecule has 2 aromatic carbocycles. The molecule has 16 nitrogen and oxygen atoms in total. The van der Waals surface area contributed by atoms with Gasteiger partial charge in [-0.3, -0.25) is 43.9 Å². The molecule has 4 aliphatic heterocycles. The molecule has 1 aliphatic carbocycles. The third-order valence-electron chi connectivity index (χ3n) is 14.5. The Morgan fingerprint density at radius 3 is 2.18 bits per heavy atom. The van der Waals surface area contributed by atoms with Gasteiger partial charge in [0.15, 0.2) is 0 Å². The summed E-state index contributed by atoms with van der Waals surface area (Å²) < 4.78 is 13.9. The number of benzene rings is 2. The van der Waals surface area contributed by atoms with Crippen LogP contribution in [0.1, 0.15) is 80.9 Å². The molecule has 2 N–H and O–H groups in total. The summed E-state index contributed by atoms with van der Waals surface area (Å²) in [6.07, 6.45) is 7.78. The Labute approximate surface area is 388 Å². The van der Waals surface area contributed by atoms with Gasteiger partial charge in [0.05, 0.1) is 41.2 Å². The molecule has 3 saturated heterocycles. The van der Waals surface area contributed by atoms with Crippen molar-refractivity contribution in [1.29, 1.82) is 0 Å². The average Bonchev–Trinajstić information content (AvgIpc) is 3.85. The highest BCUT2D eigenvalue weighted by Gasteiger charge is 2.46. The van der Waals surface area contributed by atoms with Crippen LogP contribution in [0.5, 0.6) is 11.5 Å². The number of hydrogen-bond donors (Lipinski definition) is 2. The summed E-state index contributed by atoms with van der Waals surface area (Å²) >= 11 is 1.35. The Hall–Kier alpha value is -5.62. The zero-order valence-electron chi connectivity index (χ0n) is 38.6. The molecule has 5 aliphatic rings. The van der Waals surface area contributed by atoms with Gasteiger partial charge in [-0.1, -0.05) is 0 Å². The number of aryl methyl sites for hydroxylation is 1. The molecule has 0 radical (unpaired) electrons. The molecule has 66 heavy (non-hydrogen) atoms. The maximum Gasteiger partial charge on any atom is 0.262 e. The molecule has 9 rings (SSSR count). The van der Waals surface area contributed by atoms with Gasteiger partial charge in [-0.05, 0) is 132 Å². The van der Waals surface area contributed by atoms with Crippen LogP contribution in [0.15, 0.2) is 47.4 Å². The molecule has 6 heterocycles. The standard InChI is InChI=1S/C49H60N8O8S/c1-52(2)28-37-39(64-4)21-31(22-40(37)65-5)36-29-53(3)46(61)35-24-41(66-43(35)36)45(60)50-27-30-25-49(26-30)11-15-54(16-12-49)13-6-14-55-17-19-56(20-18-55)32-7-8-33-34(23-32)48(63)57(47(33)62)38-9-10-42(58)51-44(38)59/h7-8,21-24,29-30,38H,6,9-20,25-28H2,1-5H3,(H,50,60)(H,51,58,59). The van der Waals surface area contributed by atoms with Gasteiger partial charge in [0.25, 0.3) is 23.3 Å². The number of aromatic nitrogens is 1. The molecule has 1 atom stereocenters. The molecule has 350 valence electrons. The number of nitrogens with one attached hydrogen (secondary N) is 2. The molecule has 1 spiro atoms. The quantitative estimate of drug-likeness (QED) is 0.174. The van der Waals surface area contributed by atoms with Crippen molar-refractivity contribution < 1.29 is 33.4 Å². The van der Waals surface area contributed by atoms with Crippen molar-refractivity contribution in [3.8, 4) is 22.6 Å². The van der Waals surface area contributed by atoms with E-state index in [-0.39, 0.29) is 30.2 Å². The van der Waals surface area contributed by atoms with Crippen LogP contribution in [0.3, 0.4) is 0 Å². The number of hydrogen-bond acceptors (Lipinski definition) is 13. The van der Waals surface area contributed by atoms with Crippen LogP contribution in [0, 0.1) is 11.3 Å². The highest BCUT2D eigenvalue weighted by Crippen LogP contribution is 2.52. The number of thiophene rings is 1. The predicted octanol–water partition coefficient (Wildman–Crippen LogP) is 4.18. The summed E-state index contributed by atoms with van der Waals surface area (Å²) in [5.41, 5.74) is 4.35. The number of carbonyl (C=O) groups excluding carboxylic acids is 5. The lowest BCUT2D eigenvalue weighted by Gasteiger charge is -2.52. The van der Waals surface area contributed by atoms with E-state index in [1.807, 2.05) is 38.5 Å². The van der Waals surface area contributed by atoms with E-state index in [1.54, 1.807) is 44.0 Å². The van der Waals surface area contributed by atoms with E-state index in [1.165, 1.54) is 24.2 Å². The molecule has 1 unspecified atom stereocenters. The van der Waals surface area contributed by atoms with E-state index < -0.39 is 23.8 Å². The van der Waals surface area contributed by atoms with Crippen molar-refractivity contribution >= 4 is 56.6 Å². The summed E-state index contributed by atoms with van der Waals surface area (Å²) in [5.74, 6) is -0.259. The molecule has 0 bridgehead atoms. The number of piperazine rings is 1. The summed E-state index contributed by atoms with van der Waals surface area (Å²) in [4.78, 5) is 88.4. The number of ether oxygens (including phenoxy) is 2. The number of imide groups is 2. The van der Waals surface area contributed by atoms with Crippen LogP contribution in [0.4, 0.5) is 5.69 Å². The van der Waals surface area contributed by atoms with Gasteiger partial charge < -0.3 is 34.1 Å². The van der Waals surface area contributed by atoms with Gasteiger partial charge in [0.2, 0.25) is 11.8 Å². The van der Waals surface area contributed by atoms with E-state index >= 15 is 0 Å². The fourth-order valence-electron chi connectivity index (χ4n) is 10.9. The van der Waals surface area contributed by atoms with Crippen molar-refractivity contribution in [2.45, 2.75) is 57.5 Å². The lowest BCUT2D eigenvalue weighted by molar-refractivity contribution is -0.136. The highest BCUT2D eigenvalue weighted by molar-refractivity contribution is 7.21. The Morgan fingerprint density at radius 1 is 0.864 bits per heavy atom. The molecule has 2 aromatic heterocycles. The molecule has 5 amide bonds. The molecule has 4 aromatic rings. The summed E-state index contributed by atoms with van der Waals surface area (Å²) in [6, 6.07) is 10.1. The largest absolute Gasteiger partial charge is 0.496 e. The number of pyridine rings is 1. The number of carbonyl (C=O) groups is 5. The number of likely N-dealkylation sites (tertiary alicyclic amines) is 1. The van der Waals surface area contributed by atoms with Crippen LogP contribution < -0.4 is 30.6 Å². The monoisotopic (exact) mass is 920 g/mol. The minimum absolute atomic E-state index is 0.0939. The number of nitrogens with zero attached hydrogens (tertiary/aromatic N) is 6. The number of piperidine rings is 2. The third kappa shape index (κ3) is 8.85. The highest BCUT2D eigenvalue weighted by atomic mass is 32.1. The molecular weight excluding hydrogens is 861 g/mol. The second-order valence-electron chi connectivity index (χ2n) is 19.1. The van der Waals surface area contributed by atoms with E-state index in [2.05, 4.69) is 30.2 Å². The topological polar surface area (TPSA) is 166 Å². The first kappa shape index (κ1) is 45.5. The Kier molecular flexibility index (Phi) is 12.8. The van der Waals surface area contributed by atoms with Crippen LogP contribution in [-0.2, 0) is 23.2 Å². The van der Waals surface area contributed by atoms with Crippen LogP contribution in [0.25, 0.3) is 21.2 Å². The zero-order chi connectivity index (χ0) is 46.4. The van der Waals surface area contributed by atoms with E-state index in [9.17, 15) is 28.8 Å². The Bertz CT molecular complexity index is 2610. The first-order valence-corrected chi connectivity index (χ1v) is 23.9. The van der Waals surface area contributed by atoms with Crippen LogP contribution in [0.2, 0.25) is 0 Å². The van der Waals surface area contributed by atoms with Crippen molar-refractivity contribution in [2.24, 2.45) is 18.4 Å². The van der Waals surface area contributed by atoms with Gasteiger partial charge in [-0.2, -0.15) is 0 Å². The Balaban J connectivity index is 0.711. The van der Waals surface area contributed by atoms with Gasteiger partial charge in [0, 0.05) is 74.9 Å². The second kappa shape index (κ2) is 18.6. The maximum absolute atomic E-state index is 13.6. The van der Waals surface area contributed by atoms with E-state index in [0.29, 0.717) is 57.3 Å². The molecule has 4 fully saturated rings. The summed E-state index contributed by atoms with van der Waals surface area (Å²) in [5, 5.41) is 5.97. The predicted molar refractivity (Wildman–Crippen MR) is 253 cm³/mol. The van der Waals surface area contributed by atoms with E-state index in [0.717, 1.165) is 104 Å². The average molecular weight is 921 g/mol. The van der Waals surface area contributed by atoms with Crippen molar-refractivity contribution in [3.63, 3.8) is 0 Å². The number of fused-ring (bicyclic) bond motifs is 2. The first-order valence-electron chi connectivity index (χ1n) is 23.1. The lowest BCUT2D eigenvalue weighted by Crippen LogP contribution is -2.54. The minimum atomic E-state index is -0.970. The Morgan fingerprint density at radius 2 is 1.53 bits per heavy atom. The molecular formula is C49H60N8O8S. The lowest BCUT2D eigenvalue weighted by atomic mass is 9.57. The van der Waals surface area contributed by atoms with Crippen LogP contribution >= 0.6 is 11.3 Å². The molecule has 1 saturated carbocycles. The van der Waals surface area contributed by atoms with E-state index in [4.69, 9.17) is 9.47 Å². The number of anilines is 1. The summed E-state index contributed by atoms with van der Waals surface area (Å²) in [7, 11) is 9.00. The van der Waals surface area contributed by atoms with Gasteiger partial charge in [-0.15, -0.1) is 11.3 Å². The van der Waals surface area contributed by atoms with Gasteiger partial charge in [0.1, 0.15) is 17.5 Å². The smallest absolute Gasteiger partial charge is 0.262 e. The molecule has 17 heteroatoms. The number of rotatable bonds is 14. The van der Waals surface area contributed by atoms with Crippen molar-refractivity contribution in [3.05, 3.63) is 74.5 Å². The van der Waals surface area contributed by atoms with Crippen molar-refractivity contribution in [2.75, 3.05) is 92.1 Å². The minimum Gasteiger partial charge on any atom is -0.496 e. The normalized spacial score (nSPS) is 20.3. The summed E-state index contributed by atoms with van der Waals surface area (Å²) in [6.45, 7) is 9.02. The fraction of sp³-hybridized carbons (Fsp3) is 0.510. The second-order valence-corrected chi connectivity index (χ2v) is 20.1. The first-order chi connectivity index (χ1) is 31.7.